The van der Waals surface area contributed by atoms with Gasteiger partial charge in [-0.25, -0.2) is 0 Å². The normalized spacial score (nSPS) is 18.3. The first-order chi connectivity index (χ1) is 11.5. The number of carbonyl (C=O) groups excluding carboxylic acids is 2. The van der Waals surface area contributed by atoms with Gasteiger partial charge in [0.15, 0.2) is 5.78 Å². The molecule has 7 heteroatoms. The third-order valence-electron chi connectivity index (χ3n) is 4.19. The maximum Gasteiger partial charge on any atom is 0.307 e. The number of aliphatic carboxylic acids is 1. The molecule has 0 aromatic heterocycles. The standard InChI is InChI=1S/C17H17N3O4/c1-9(2)20-11-4-3-10(5-14(23)24)17(19-8-21)16(11)15-12(20)6-18-7-13(15)22/h3-4,6-9,15H,5H2,1-2H3,(H,19,21)(H,23,24). The van der Waals surface area contributed by atoms with Gasteiger partial charge in [0.1, 0.15) is 0 Å². The van der Waals surface area contributed by atoms with E-state index in [1.54, 1.807) is 18.3 Å². The zero-order chi connectivity index (χ0) is 17.4. The third-order valence-corrected chi connectivity index (χ3v) is 4.19. The topological polar surface area (TPSA) is 99.1 Å². The molecule has 0 saturated carbocycles. The van der Waals surface area contributed by atoms with Crippen molar-refractivity contribution in [3.05, 3.63) is 35.2 Å². The monoisotopic (exact) mass is 327 g/mol. The fourth-order valence-corrected chi connectivity index (χ4v) is 3.38. The van der Waals surface area contributed by atoms with E-state index in [0.717, 1.165) is 11.4 Å². The molecular weight excluding hydrogens is 310 g/mol. The highest BCUT2D eigenvalue weighted by Crippen LogP contribution is 2.50. The Morgan fingerprint density at radius 3 is 2.83 bits per heavy atom. The van der Waals surface area contributed by atoms with Gasteiger partial charge < -0.3 is 15.3 Å². The van der Waals surface area contributed by atoms with Gasteiger partial charge in [-0.05, 0) is 25.5 Å². The van der Waals surface area contributed by atoms with Gasteiger partial charge in [0, 0.05) is 23.5 Å². The van der Waals surface area contributed by atoms with Gasteiger partial charge in [-0.2, -0.15) is 0 Å². The number of fused-ring (bicyclic) bond motifs is 3. The van der Waals surface area contributed by atoms with E-state index in [0.29, 0.717) is 23.2 Å². The Balaban J connectivity index is 2.26. The van der Waals surface area contributed by atoms with E-state index in [4.69, 9.17) is 5.11 Å². The van der Waals surface area contributed by atoms with E-state index in [9.17, 15) is 14.4 Å². The van der Waals surface area contributed by atoms with Gasteiger partial charge in [0.05, 0.1) is 29.9 Å². The molecule has 7 nitrogen and oxygen atoms in total. The van der Waals surface area contributed by atoms with Crippen LogP contribution in [-0.2, 0) is 20.8 Å². The van der Waals surface area contributed by atoms with E-state index in [2.05, 4.69) is 10.3 Å². The highest BCUT2D eigenvalue weighted by Gasteiger charge is 2.42. The summed E-state index contributed by atoms with van der Waals surface area (Å²) in [5.74, 6) is -1.76. The predicted octanol–water partition coefficient (Wildman–Crippen LogP) is 1.69. The maximum atomic E-state index is 12.4. The van der Waals surface area contributed by atoms with Crippen molar-refractivity contribution in [2.24, 2.45) is 4.99 Å². The van der Waals surface area contributed by atoms with Crippen LogP contribution < -0.4 is 10.2 Å². The van der Waals surface area contributed by atoms with Crippen LogP contribution in [0.25, 0.3) is 0 Å². The number of nitrogens with zero attached hydrogens (tertiary/aromatic N) is 2. The van der Waals surface area contributed by atoms with Crippen LogP contribution in [0.3, 0.4) is 0 Å². The molecular formula is C17H17N3O4. The average molecular weight is 327 g/mol. The summed E-state index contributed by atoms with van der Waals surface area (Å²) in [5.41, 5.74) is 3.03. The van der Waals surface area contributed by atoms with E-state index >= 15 is 0 Å². The van der Waals surface area contributed by atoms with Gasteiger partial charge in [-0.15, -0.1) is 0 Å². The first-order valence-corrected chi connectivity index (χ1v) is 7.59. The van der Waals surface area contributed by atoms with E-state index < -0.39 is 11.9 Å². The number of carboxylic acid groups (broad SMARTS) is 1. The highest BCUT2D eigenvalue weighted by atomic mass is 16.4. The third kappa shape index (κ3) is 2.38. The van der Waals surface area contributed by atoms with Crippen molar-refractivity contribution >= 4 is 35.8 Å². The molecule has 3 rings (SSSR count). The van der Waals surface area contributed by atoms with Crippen LogP contribution in [0.15, 0.2) is 29.0 Å². The number of carbonyl (C=O) groups is 3. The highest BCUT2D eigenvalue weighted by molar-refractivity contribution is 6.33. The molecule has 0 fully saturated rings. The lowest BCUT2D eigenvalue weighted by atomic mass is 9.90. The van der Waals surface area contributed by atoms with E-state index in [-0.39, 0.29) is 18.2 Å². The second kappa shape index (κ2) is 5.92. The number of hydrogen-bond donors (Lipinski definition) is 2. The molecule has 1 unspecified atom stereocenters. The molecule has 0 saturated heterocycles. The van der Waals surface area contributed by atoms with E-state index in [1.165, 1.54) is 6.21 Å². The number of anilines is 2. The van der Waals surface area contributed by atoms with Crippen LogP contribution in [-0.4, -0.2) is 35.5 Å². The molecule has 1 aromatic rings. The smallest absolute Gasteiger partial charge is 0.307 e. The van der Waals surface area contributed by atoms with Crippen LogP contribution >= 0.6 is 0 Å². The first-order valence-electron chi connectivity index (χ1n) is 7.59. The van der Waals surface area contributed by atoms with Gasteiger partial charge in [0.25, 0.3) is 0 Å². The second-order valence-electron chi connectivity index (χ2n) is 6.00. The summed E-state index contributed by atoms with van der Waals surface area (Å²) < 4.78 is 0. The molecule has 2 aliphatic heterocycles. The minimum atomic E-state index is -1.00. The minimum absolute atomic E-state index is 0.0792. The number of nitrogens with one attached hydrogen (secondary N) is 1. The van der Waals surface area contributed by atoms with Gasteiger partial charge in [-0.1, -0.05) is 6.07 Å². The number of rotatable bonds is 5. The lowest BCUT2D eigenvalue weighted by Gasteiger charge is -2.27. The molecule has 0 spiro atoms. The van der Waals surface area contributed by atoms with Crippen molar-refractivity contribution in [1.82, 2.24) is 0 Å². The molecule has 1 amide bonds. The van der Waals surface area contributed by atoms with Gasteiger partial charge in [-0.3, -0.25) is 19.4 Å². The Hall–Kier alpha value is -2.96. The number of aliphatic imine (C=N–C) groups is 1. The number of allylic oxidation sites excluding steroid dienone is 1. The summed E-state index contributed by atoms with van der Waals surface area (Å²) in [6, 6.07) is 3.56. The first kappa shape index (κ1) is 15.9. The molecule has 0 aliphatic carbocycles. The number of amides is 1. The Morgan fingerprint density at radius 2 is 2.21 bits per heavy atom. The van der Waals surface area contributed by atoms with Crippen LogP contribution in [0.1, 0.15) is 30.9 Å². The minimum Gasteiger partial charge on any atom is -0.481 e. The van der Waals surface area contributed by atoms with Crippen molar-refractivity contribution in [1.29, 1.82) is 0 Å². The number of benzene rings is 1. The van der Waals surface area contributed by atoms with Crippen molar-refractivity contribution < 1.29 is 19.5 Å². The van der Waals surface area contributed by atoms with Crippen molar-refractivity contribution in [2.45, 2.75) is 32.2 Å². The maximum absolute atomic E-state index is 12.4. The molecule has 2 N–H and O–H groups in total. The van der Waals surface area contributed by atoms with Gasteiger partial charge in [0.2, 0.25) is 6.41 Å². The lowest BCUT2D eigenvalue weighted by Crippen LogP contribution is -2.30. The van der Waals surface area contributed by atoms with Crippen molar-refractivity contribution in [2.75, 3.05) is 10.2 Å². The summed E-state index contributed by atoms with van der Waals surface area (Å²) in [7, 11) is 0. The van der Waals surface area contributed by atoms with Gasteiger partial charge >= 0.3 is 5.97 Å². The fourth-order valence-electron chi connectivity index (χ4n) is 3.38. The number of hydrogen-bond acceptors (Lipinski definition) is 5. The summed E-state index contributed by atoms with van der Waals surface area (Å²) in [6.07, 6.45) is 3.17. The number of Topliss-reactive ketones (excluding diaryl/α,β-unsaturated/α-hetero) is 1. The Bertz CT molecular complexity index is 795. The number of carboxylic acids is 1. The van der Waals surface area contributed by atoms with Crippen LogP contribution in [0.4, 0.5) is 11.4 Å². The molecule has 1 atom stereocenters. The Labute approximate surface area is 138 Å². The number of ketones is 1. The summed E-state index contributed by atoms with van der Waals surface area (Å²) in [5, 5.41) is 11.7. The van der Waals surface area contributed by atoms with Crippen LogP contribution in [0.2, 0.25) is 0 Å². The zero-order valence-corrected chi connectivity index (χ0v) is 13.3. The van der Waals surface area contributed by atoms with Crippen molar-refractivity contribution in [3.8, 4) is 0 Å². The van der Waals surface area contributed by atoms with E-state index in [1.807, 2.05) is 18.7 Å². The molecule has 0 radical (unpaired) electrons. The largest absolute Gasteiger partial charge is 0.481 e. The average Bonchev–Trinajstić information content (AvgIpc) is 2.85. The quantitative estimate of drug-likeness (QED) is 0.802. The molecule has 2 aliphatic rings. The second-order valence-corrected chi connectivity index (χ2v) is 6.00. The summed E-state index contributed by atoms with van der Waals surface area (Å²) >= 11 is 0. The molecule has 2 heterocycles. The molecule has 1 aromatic carbocycles. The van der Waals surface area contributed by atoms with Crippen LogP contribution in [0, 0.1) is 0 Å². The zero-order valence-electron chi connectivity index (χ0n) is 13.3. The molecule has 124 valence electrons. The Kier molecular flexibility index (Phi) is 3.92. The Morgan fingerprint density at radius 1 is 1.46 bits per heavy atom. The lowest BCUT2D eigenvalue weighted by molar-refractivity contribution is -0.136. The predicted molar refractivity (Wildman–Crippen MR) is 89.4 cm³/mol. The SMILES string of the molecule is CC(C)N1C2=CN=CC(=O)C2c2c1ccc(CC(=O)O)c2NC=O. The van der Waals surface area contributed by atoms with Crippen molar-refractivity contribution in [3.63, 3.8) is 0 Å². The van der Waals surface area contributed by atoms with Crippen LogP contribution in [0.5, 0.6) is 0 Å². The molecule has 0 bridgehead atoms. The summed E-state index contributed by atoms with van der Waals surface area (Å²) in [6.45, 7) is 3.99. The summed E-state index contributed by atoms with van der Waals surface area (Å²) in [4.78, 5) is 40.6. The molecule has 24 heavy (non-hydrogen) atoms. The fraction of sp³-hybridized carbons (Fsp3) is 0.294.